The lowest BCUT2D eigenvalue weighted by Gasteiger charge is -2.36. The summed E-state index contributed by atoms with van der Waals surface area (Å²) in [6.45, 7) is 0.841. The number of nitrogens with one attached hydrogen (secondary N) is 1. The SMILES string of the molecule is COc1ccc(CNc2ncnc3c2c(N=C/C=C\N)cn3C2CCC(COC(c3ccccc3)(c3ccccc3)c3ccccc3)O2)c(OC)c1. The highest BCUT2D eigenvalue weighted by atomic mass is 16.6. The number of aromatic nitrogens is 3. The minimum Gasteiger partial charge on any atom is -0.497 e. The number of nitrogens with two attached hydrogens (primary N) is 1. The normalized spacial score (nSPS) is 16.2. The van der Waals surface area contributed by atoms with Crippen LogP contribution >= 0.6 is 0 Å². The lowest BCUT2D eigenvalue weighted by molar-refractivity contribution is -0.0755. The molecule has 2 unspecified atom stereocenters. The quantitative estimate of drug-likeness (QED) is 0.0873. The third-order valence-corrected chi connectivity index (χ3v) is 9.36. The summed E-state index contributed by atoms with van der Waals surface area (Å²) in [5, 5.41) is 4.25. The van der Waals surface area contributed by atoms with E-state index in [9.17, 15) is 0 Å². The highest BCUT2D eigenvalue weighted by Crippen LogP contribution is 2.43. The molecule has 2 atom stereocenters. The minimum absolute atomic E-state index is 0.160. The molecule has 1 saturated heterocycles. The van der Waals surface area contributed by atoms with Gasteiger partial charge in [0.15, 0.2) is 0 Å². The van der Waals surface area contributed by atoms with E-state index in [2.05, 4.69) is 83.1 Å². The molecular weight excluding hydrogens is 653 g/mol. The molecule has 3 N–H and O–H groups in total. The van der Waals surface area contributed by atoms with Gasteiger partial charge in [0, 0.05) is 30.6 Å². The van der Waals surface area contributed by atoms with E-state index >= 15 is 0 Å². The summed E-state index contributed by atoms with van der Waals surface area (Å²) in [5.74, 6) is 2.07. The summed E-state index contributed by atoms with van der Waals surface area (Å²) in [6.07, 6.45) is 9.44. The smallest absolute Gasteiger partial charge is 0.149 e. The van der Waals surface area contributed by atoms with Crippen molar-refractivity contribution in [3.63, 3.8) is 0 Å². The van der Waals surface area contributed by atoms with E-state index in [1.165, 1.54) is 6.20 Å². The zero-order chi connectivity index (χ0) is 35.8. The van der Waals surface area contributed by atoms with Crippen LogP contribution in [-0.2, 0) is 21.6 Å². The van der Waals surface area contributed by atoms with Gasteiger partial charge in [-0.1, -0.05) is 91.0 Å². The van der Waals surface area contributed by atoms with Crippen LogP contribution in [0.15, 0.2) is 139 Å². The van der Waals surface area contributed by atoms with Gasteiger partial charge in [-0.25, -0.2) is 9.97 Å². The number of benzene rings is 4. The first kappa shape index (κ1) is 34.5. The predicted molar refractivity (Wildman–Crippen MR) is 204 cm³/mol. The molecule has 2 aromatic heterocycles. The lowest BCUT2D eigenvalue weighted by Crippen LogP contribution is -2.35. The maximum Gasteiger partial charge on any atom is 0.149 e. The van der Waals surface area contributed by atoms with Gasteiger partial charge in [0.1, 0.15) is 41.1 Å². The molecule has 4 aromatic carbocycles. The van der Waals surface area contributed by atoms with E-state index in [-0.39, 0.29) is 12.3 Å². The Morgan fingerprint density at radius 2 is 1.56 bits per heavy atom. The number of anilines is 1. The van der Waals surface area contributed by atoms with Crippen molar-refractivity contribution in [2.24, 2.45) is 10.7 Å². The molecule has 1 aliphatic rings. The van der Waals surface area contributed by atoms with E-state index in [1.807, 2.05) is 47.2 Å². The average molecular weight is 695 g/mol. The van der Waals surface area contributed by atoms with E-state index in [0.717, 1.165) is 46.2 Å². The van der Waals surface area contributed by atoms with Crippen molar-refractivity contribution < 1.29 is 18.9 Å². The van der Waals surface area contributed by atoms with Crippen LogP contribution in [0.2, 0.25) is 0 Å². The number of allylic oxidation sites excluding steroid dienone is 1. The Balaban J connectivity index is 1.17. The van der Waals surface area contributed by atoms with Crippen molar-refractivity contribution in [2.75, 3.05) is 26.1 Å². The van der Waals surface area contributed by atoms with Gasteiger partial charge in [-0.05, 0) is 53.9 Å². The van der Waals surface area contributed by atoms with Crippen molar-refractivity contribution in [3.05, 3.63) is 156 Å². The zero-order valence-electron chi connectivity index (χ0n) is 29.3. The second-order valence-electron chi connectivity index (χ2n) is 12.4. The number of methoxy groups -OCH3 is 2. The molecule has 52 heavy (non-hydrogen) atoms. The Labute approximate surface area is 303 Å². The molecule has 7 rings (SSSR count). The Kier molecular flexibility index (Phi) is 10.6. The molecule has 0 amide bonds. The Bertz CT molecular complexity index is 2040. The fourth-order valence-corrected chi connectivity index (χ4v) is 6.87. The molecule has 0 spiro atoms. The average Bonchev–Trinajstić information content (AvgIpc) is 3.84. The van der Waals surface area contributed by atoms with Crippen LogP contribution in [0.3, 0.4) is 0 Å². The highest BCUT2D eigenvalue weighted by Gasteiger charge is 2.39. The number of hydrogen-bond acceptors (Lipinski definition) is 9. The molecule has 3 heterocycles. The summed E-state index contributed by atoms with van der Waals surface area (Å²) < 4.78 is 26.9. The number of rotatable bonds is 14. The van der Waals surface area contributed by atoms with Gasteiger partial charge in [0.05, 0.1) is 38.0 Å². The Morgan fingerprint density at radius 3 is 2.17 bits per heavy atom. The molecule has 1 aliphatic heterocycles. The first-order chi connectivity index (χ1) is 25.6. The second-order valence-corrected chi connectivity index (χ2v) is 12.4. The second kappa shape index (κ2) is 15.9. The van der Waals surface area contributed by atoms with Crippen LogP contribution in [-0.4, -0.2) is 47.7 Å². The number of aliphatic imine (C=N–C) groups is 1. The zero-order valence-corrected chi connectivity index (χ0v) is 29.3. The fraction of sp³-hybridized carbons (Fsp3) is 0.214. The van der Waals surface area contributed by atoms with Gasteiger partial charge in [-0.15, -0.1) is 0 Å². The summed E-state index contributed by atoms with van der Waals surface area (Å²) in [4.78, 5) is 14.1. The minimum atomic E-state index is -0.829. The van der Waals surface area contributed by atoms with Crippen molar-refractivity contribution >= 4 is 28.8 Å². The van der Waals surface area contributed by atoms with E-state index < -0.39 is 5.60 Å². The Morgan fingerprint density at radius 1 is 0.885 bits per heavy atom. The van der Waals surface area contributed by atoms with Crippen LogP contribution in [0.5, 0.6) is 11.5 Å². The topological polar surface area (TPSA) is 118 Å². The van der Waals surface area contributed by atoms with Gasteiger partial charge in [0.25, 0.3) is 0 Å². The van der Waals surface area contributed by atoms with Crippen LogP contribution < -0.4 is 20.5 Å². The molecule has 0 radical (unpaired) electrons. The number of fused-ring (bicyclic) bond motifs is 1. The molecular formula is C42H42N6O4. The van der Waals surface area contributed by atoms with Gasteiger partial charge in [0.2, 0.25) is 0 Å². The molecule has 264 valence electrons. The number of hydrogen-bond donors (Lipinski definition) is 2. The van der Waals surface area contributed by atoms with Gasteiger partial charge < -0.3 is 34.6 Å². The standard InChI is InChI=1S/C42H42N6O4/c1-49-34-20-19-30(37(25-34)50-2)26-45-40-39-36(44-24-12-23-43)27-48(41(39)47-29-46-40)38-22-21-35(52-38)28-51-42(31-13-6-3-7-14-31,32-15-8-4-9-16-32)33-17-10-5-11-18-33/h3-20,23-25,27,29,35,38H,21-22,26,28,43H2,1-2H3,(H,45,46,47)/b23-12-,44-24?. The van der Waals surface area contributed by atoms with Gasteiger partial charge in [-0.3, -0.25) is 4.99 Å². The first-order valence-electron chi connectivity index (χ1n) is 17.3. The monoisotopic (exact) mass is 694 g/mol. The molecule has 10 heteroatoms. The number of nitrogens with zero attached hydrogens (tertiary/aromatic N) is 4. The van der Waals surface area contributed by atoms with Crippen molar-refractivity contribution in [1.29, 1.82) is 0 Å². The van der Waals surface area contributed by atoms with Crippen LogP contribution in [0, 0.1) is 0 Å². The van der Waals surface area contributed by atoms with Crippen LogP contribution in [0.1, 0.15) is 41.3 Å². The summed E-state index contributed by atoms with van der Waals surface area (Å²) in [7, 11) is 3.28. The molecule has 1 fully saturated rings. The van der Waals surface area contributed by atoms with Crippen molar-refractivity contribution in [2.45, 2.75) is 37.3 Å². The molecule has 6 aromatic rings. The molecule has 0 saturated carbocycles. The fourth-order valence-electron chi connectivity index (χ4n) is 6.87. The maximum atomic E-state index is 7.11. The lowest BCUT2D eigenvalue weighted by atomic mass is 9.80. The highest BCUT2D eigenvalue weighted by molar-refractivity contribution is 5.99. The van der Waals surface area contributed by atoms with E-state index in [1.54, 1.807) is 32.8 Å². The van der Waals surface area contributed by atoms with Crippen LogP contribution in [0.25, 0.3) is 11.0 Å². The molecule has 10 nitrogen and oxygen atoms in total. The molecule has 0 bridgehead atoms. The van der Waals surface area contributed by atoms with Gasteiger partial charge in [-0.2, -0.15) is 0 Å². The van der Waals surface area contributed by atoms with E-state index in [4.69, 9.17) is 34.7 Å². The maximum absolute atomic E-state index is 7.11. The van der Waals surface area contributed by atoms with Crippen molar-refractivity contribution in [3.8, 4) is 11.5 Å². The largest absolute Gasteiger partial charge is 0.497 e. The Hall–Kier alpha value is -5.97. The first-order valence-corrected chi connectivity index (χ1v) is 17.3. The summed E-state index contributed by atoms with van der Waals surface area (Å²) in [5.41, 5.74) is 10.3. The third kappa shape index (κ3) is 6.99. The van der Waals surface area contributed by atoms with Crippen molar-refractivity contribution in [1.82, 2.24) is 14.5 Å². The summed E-state index contributed by atoms with van der Waals surface area (Å²) >= 11 is 0. The third-order valence-electron chi connectivity index (χ3n) is 9.36. The van der Waals surface area contributed by atoms with E-state index in [0.29, 0.717) is 36.1 Å². The summed E-state index contributed by atoms with van der Waals surface area (Å²) in [6, 6.07) is 36.9. The van der Waals surface area contributed by atoms with Crippen LogP contribution in [0.4, 0.5) is 11.5 Å². The molecule has 0 aliphatic carbocycles. The predicted octanol–water partition coefficient (Wildman–Crippen LogP) is 7.92. The number of ether oxygens (including phenoxy) is 4. The van der Waals surface area contributed by atoms with Gasteiger partial charge >= 0.3 is 0 Å².